The first-order chi connectivity index (χ1) is 6.35. The molecule has 14 heavy (non-hydrogen) atoms. The molecule has 1 rings (SSSR count). The highest BCUT2D eigenvalue weighted by molar-refractivity contribution is 7.92. The highest BCUT2D eigenvalue weighted by Gasteiger charge is 2.26. The van der Waals surface area contributed by atoms with Gasteiger partial charge >= 0.3 is 5.69 Å². The molecule has 1 heterocycles. The van der Waals surface area contributed by atoms with Gasteiger partial charge in [-0.3, -0.25) is 4.72 Å². The Bertz CT molecular complexity index is 495. The van der Waals surface area contributed by atoms with Gasteiger partial charge in [0.2, 0.25) is 21.2 Å². The van der Waals surface area contributed by atoms with Crippen molar-refractivity contribution in [2.75, 3.05) is 11.0 Å². The van der Waals surface area contributed by atoms with Crippen LogP contribution < -0.4 is 4.72 Å². The summed E-state index contributed by atoms with van der Waals surface area (Å²) >= 11 is 0. The summed E-state index contributed by atoms with van der Waals surface area (Å²) in [5.41, 5.74) is 0.569. The minimum absolute atomic E-state index is 0.123. The van der Waals surface area contributed by atoms with E-state index in [9.17, 15) is 8.42 Å². The van der Waals surface area contributed by atoms with E-state index in [0.717, 1.165) is 6.26 Å². The van der Waals surface area contributed by atoms with Crippen LogP contribution in [0, 0.1) is 12.3 Å². The van der Waals surface area contributed by atoms with Gasteiger partial charge in [-0.15, -0.1) is 0 Å². The highest BCUT2D eigenvalue weighted by Crippen LogP contribution is 2.28. The van der Waals surface area contributed by atoms with Crippen molar-refractivity contribution in [3.8, 4) is 0 Å². The lowest BCUT2D eigenvalue weighted by molar-refractivity contribution is 0.606. The van der Waals surface area contributed by atoms with E-state index >= 15 is 0 Å². The molecule has 0 saturated heterocycles. The molecular formula is C6H10N5O2S+. The molecule has 8 heteroatoms. The zero-order valence-electron chi connectivity index (χ0n) is 8.01. The first-order valence-corrected chi connectivity index (χ1v) is 5.61. The summed E-state index contributed by atoms with van der Waals surface area (Å²) in [6, 6.07) is 0. The molecule has 0 saturated carbocycles. The van der Waals surface area contributed by atoms with Crippen LogP contribution >= 0.6 is 0 Å². The fourth-order valence-corrected chi connectivity index (χ4v) is 1.64. The van der Waals surface area contributed by atoms with Gasteiger partial charge in [-0.1, -0.05) is 0 Å². The SMILES string of the molecule is Cc1nn(C)c(NS(C)(=O)=O)c1[N+]#N. The normalized spacial score (nSPS) is 11.0. The lowest BCUT2D eigenvalue weighted by Crippen LogP contribution is -2.12. The first-order valence-electron chi connectivity index (χ1n) is 3.71. The van der Waals surface area contributed by atoms with Gasteiger partial charge in [0.15, 0.2) is 10.7 Å². The van der Waals surface area contributed by atoms with Gasteiger partial charge in [0.25, 0.3) is 0 Å². The maximum absolute atomic E-state index is 11.0. The van der Waals surface area contributed by atoms with E-state index in [1.165, 1.54) is 4.68 Å². The molecule has 76 valence electrons. The van der Waals surface area contributed by atoms with E-state index in [1.54, 1.807) is 14.0 Å². The zero-order chi connectivity index (χ0) is 10.9. The van der Waals surface area contributed by atoms with Crippen molar-refractivity contribution in [2.45, 2.75) is 6.92 Å². The predicted molar refractivity (Wildman–Crippen MR) is 51.2 cm³/mol. The van der Waals surface area contributed by atoms with Gasteiger partial charge in [-0.05, 0) is 6.92 Å². The summed E-state index contributed by atoms with van der Waals surface area (Å²) in [5.74, 6) is 0.146. The summed E-state index contributed by atoms with van der Waals surface area (Å²) in [5, 5.41) is 12.5. The number of hydrogen-bond donors (Lipinski definition) is 1. The molecule has 0 aliphatic carbocycles. The van der Waals surface area contributed by atoms with E-state index in [0.29, 0.717) is 5.69 Å². The maximum Gasteiger partial charge on any atom is 0.449 e. The zero-order valence-corrected chi connectivity index (χ0v) is 8.83. The van der Waals surface area contributed by atoms with E-state index in [2.05, 4.69) is 14.8 Å². The minimum atomic E-state index is -3.40. The summed E-state index contributed by atoms with van der Waals surface area (Å²) in [6.07, 6.45) is 1.01. The van der Waals surface area contributed by atoms with Crippen molar-refractivity contribution >= 4 is 21.5 Å². The van der Waals surface area contributed by atoms with Crippen LogP contribution in [0.4, 0.5) is 11.5 Å². The van der Waals surface area contributed by atoms with Crippen molar-refractivity contribution in [3.63, 3.8) is 0 Å². The van der Waals surface area contributed by atoms with Crippen molar-refractivity contribution in [2.24, 2.45) is 7.05 Å². The molecule has 0 spiro atoms. The number of anilines is 1. The molecule has 0 fully saturated rings. The summed E-state index contributed by atoms with van der Waals surface area (Å²) in [6.45, 7) is 1.61. The molecule has 0 unspecified atom stereocenters. The summed E-state index contributed by atoms with van der Waals surface area (Å²) < 4.78 is 25.4. The number of diazo groups is 1. The largest absolute Gasteiger partial charge is 0.449 e. The summed E-state index contributed by atoms with van der Waals surface area (Å²) in [4.78, 5) is 2.96. The molecule has 0 radical (unpaired) electrons. The fourth-order valence-electron chi connectivity index (χ4n) is 1.06. The van der Waals surface area contributed by atoms with Crippen LogP contribution in [0.5, 0.6) is 0 Å². The van der Waals surface area contributed by atoms with E-state index < -0.39 is 10.0 Å². The monoisotopic (exact) mass is 216 g/mol. The third-order valence-corrected chi connectivity index (χ3v) is 2.14. The quantitative estimate of drug-likeness (QED) is 0.732. The van der Waals surface area contributed by atoms with E-state index in [-0.39, 0.29) is 11.5 Å². The van der Waals surface area contributed by atoms with Crippen LogP contribution in [0.15, 0.2) is 0 Å². The molecule has 0 aromatic carbocycles. The van der Waals surface area contributed by atoms with Crippen LogP contribution in [0.2, 0.25) is 0 Å². The molecule has 0 atom stereocenters. The van der Waals surface area contributed by atoms with E-state index in [4.69, 9.17) is 5.39 Å². The molecule has 1 aromatic heterocycles. The van der Waals surface area contributed by atoms with Crippen molar-refractivity contribution in [1.82, 2.24) is 9.78 Å². The molecule has 0 aliphatic heterocycles. The lowest BCUT2D eigenvalue weighted by atomic mass is 10.4. The number of nitrogens with zero attached hydrogens (tertiary/aromatic N) is 4. The minimum Gasteiger partial charge on any atom is -0.261 e. The average molecular weight is 216 g/mol. The van der Waals surface area contributed by atoms with Crippen LogP contribution in [-0.2, 0) is 17.1 Å². The Balaban J connectivity index is 3.28. The van der Waals surface area contributed by atoms with Gasteiger partial charge in [-0.25, -0.2) is 13.1 Å². The Morgan fingerprint density at radius 2 is 2.14 bits per heavy atom. The van der Waals surface area contributed by atoms with Crippen molar-refractivity contribution in [3.05, 3.63) is 10.7 Å². The maximum atomic E-state index is 11.0. The van der Waals surface area contributed by atoms with Crippen LogP contribution in [0.3, 0.4) is 0 Å². The van der Waals surface area contributed by atoms with E-state index in [1.807, 2.05) is 0 Å². The molecule has 1 aromatic rings. The smallest absolute Gasteiger partial charge is 0.261 e. The Kier molecular flexibility index (Phi) is 2.44. The average Bonchev–Trinajstić information content (AvgIpc) is 2.24. The standard InChI is InChI=1S/C6H10N5O2S/c1-4-5(8-7)6(11(2)9-4)10-14(3,12)13/h10H,1-3H3/q+1. The fraction of sp³-hybridized carbons (Fsp3) is 0.500. The number of aryl methyl sites for hydroxylation is 2. The second-order valence-corrected chi connectivity index (χ2v) is 4.63. The second-order valence-electron chi connectivity index (χ2n) is 2.88. The highest BCUT2D eigenvalue weighted by atomic mass is 32.2. The summed E-state index contributed by atoms with van der Waals surface area (Å²) in [7, 11) is -1.85. The van der Waals surface area contributed by atoms with Crippen molar-refractivity contribution < 1.29 is 8.42 Å². The Morgan fingerprint density at radius 1 is 1.57 bits per heavy atom. The third kappa shape index (κ3) is 2.00. The molecule has 0 aliphatic rings. The topological polar surface area (TPSA) is 92.1 Å². The van der Waals surface area contributed by atoms with Gasteiger partial charge in [0, 0.05) is 7.05 Å². The molecule has 0 amide bonds. The Morgan fingerprint density at radius 3 is 2.57 bits per heavy atom. The lowest BCUT2D eigenvalue weighted by Gasteiger charge is -1.99. The number of nitrogens with one attached hydrogen (secondary N) is 1. The molecule has 1 N–H and O–H groups in total. The van der Waals surface area contributed by atoms with Gasteiger partial charge in [-0.2, -0.15) is 5.10 Å². The number of hydrogen-bond acceptors (Lipinski definition) is 4. The van der Waals surface area contributed by atoms with Gasteiger partial charge in [0.05, 0.1) is 6.26 Å². The Labute approximate surface area is 81.4 Å². The third-order valence-electron chi connectivity index (χ3n) is 1.57. The first kappa shape index (κ1) is 10.5. The molecule has 7 nitrogen and oxygen atoms in total. The predicted octanol–water partition coefficient (Wildman–Crippen LogP) is 0.585. The second kappa shape index (κ2) is 3.26. The van der Waals surface area contributed by atoms with Crippen molar-refractivity contribution in [1.29, 1.82) is 5.39 Å². The number of aromatic nitrogens is 2. The Hall–Kier alpha value is -1.62. The molecule has 0 bridgehead atoms. The van der Waals surface area contributed by atoms with Crippen LogP contribution in [0.1, 0.15) is 5.69 Å². The number of sulfonamides is 1. The van der Waals surface area contributed by atoms with Crippen LogP contribution in [-0.4, -0.2) is 24.5 Å². The number of rotatable bonds is 2. The van der Waals surface area contributed by atoms with Crippen LogP contribution in [0.25, 0.3) is 4.98 Å². The molecular weight excluding hydrogens is 206 g/mol. The van der Waals surface area contributed by atoms with Gasteiger partial charge < -0.3 is 0 Å². The van der Waals surface area contributed by atoms with Gasteiger partial charge in [0.1, 0.15) is 0 Å².